The first kappa shape index (κ1) is 10.2. The number of aliphatic carboxylic acids is 1. The summed E-state index contributed by atoms with van der Waals surface area (Å²) in [4.78, 5) is 9.98. The second kappa shape index (κ2) is 4.91. The van der Waals surface area contributed by atoms with Crippen molar-refractivity contribution in [3.8, 4) is 0 Å². The Morgan fingerprint density at radius 2 is 2.09 bits per heavy atom. The van der Waals surface area contributed by atoms with Gasteiger partial charge in [-0.15, -0.1) is 0 Å². The first-order chi connectivity index (χ1) is 5.04. The SMILES string of the molecule is CC(C)C(O)C/C=C/C(=O)O. The second-order valence-electron chi connectivity index (χ2n) is 2.79. The molecule has 0 aromatic rings. The molecular weight excluding hydrogens is 144 g/mol. The normalized spacial score (nSPS) is 14.2. The number of carboxylic acids is 1. The first-order valence-corrected chi connectivity index (χ1v) is 3.61. The van der Waals surface area contributed by atoms with Crippen LogP contribution in [0.3, 0.4) is 0 Å². The first-order valence-electron chi connectivity index (χ1n) is 3.61. The molecule has 1 unspecified atom stereocenters. The minimum absolute atomic E-state index is 0.174. The lowest BCUT2D eigenvalue weighted by molar-refractivity contribution is -0.131. The van der Waals surface area contributed by atoms with E-state index in [1.54, 1.807) is 0 Å². The summed E-state index contributed by atoms with van der Waals surface area (Å²) in [6, 6.07) is 0. The molecule has 64 valence electrons. The molecule has 0 aliphatic rings. The number of hydrogen-bond donors (Lipinski definition) is 2. The van der Waals surface area contributed by atoms with Crippen molar-refractivity contribution in [1.29, 1.82) is 0 Å². The molecule has 0 spiro atoms. The van der Waals surface area contributed by atoms with E-state index in [2.05, 4.69) is 0 Å². The average Bonchev–Trinajstić information content (AvgIpc) is 1.86. The van der Waals surface area contributed by atoms with Crippen LogP contribution in [0.4, 0.5) is 0 Å². The van der Waals surface area contributed by atoms with Crippen molar-refractivity contribution < 1.29 is 15.0 Å². The summed E-state index contributed by atoms with van der Waals surface area (Å²) >= 11 is 0. The van der Waals surface area contributed by atoms with Gasteiger partial charge in [0, 0.05) is 6.08 Å². The molecular formula is C8H14O3. The van der Waals surface area contributed by atoms with E-state index in [0.29, 0.717) is 6.42 Å². The number of aliphatic hydroxyl groups excluding tert-OH is 1. The van der Waals surface area contributed by atoms with E-state index in [0.717, 1.165) is 6.08 Å². The molecule has 3 heteroatoms. The van der Waals surface area contributed by atoms with Gasteiger partial charge in [0.05, 0.1) is 6.10 Å². The fourth-order valence-electron chi connectivity index (χ4n) is 0.580. The smallest absolute Gasteiger partial charge is 0.327 e. The predicted molar refractivity (Wildman–Crippen MR) is 42.2 cm³/mol. The van der Waals surface area contributed by atoms with Crippen molar-refractivity contribution >= 4 is 5.97 Å². The average molecular weight is 158 g/mol. The lowest BCUT2D eigenvalue weighted by Gasteiger charge is -2.10. The summed E-state index contributed by atoms with van der Waals surface area (Å²) < 4.78 is 0. The van der Waals surface area contributed by atoms with Gasteiger partial charge in [0.2, 0.25) is 0 Å². The van der Waals surface area contributed by atoms with Crippen LogP contribution in [0.2, 0.25) is 0 Å². The van der Waals surface area contributed by atoms with E-state index in [9.17, 15) is 9.90 Å². The van der Waals surface area contributed by atoms with Crippen LogP contribution in [0.15, 0.2) is 12.2 Å². The lowest BCUT2D eigenvalue weighted by atomic mass is 10.0. The molecule has 0 radical (unpaired) electrons. The molecule has 0 aliphatic carbocycles. The fourth-order valence-corrected chi connectivity index (χ4v) is 0.580. The molecule has 0 aliphatic heterocycles. The standard InChI is InChI=1S/C8H14O3/c1-6(2)7(9)4-3-5-8(10)11/h3,5-7,9H,4H2,1-2H3,(H,10,11)/b5-3+. The van der Waals surface area contributed by atoms with E-state index >= 15 is 0 Å². The van der Waals surface area contributed by atoms with Gasteiger partial charge in [-0.3, -0.25) is 0 Å². The van der Waals surface area contributed by atoms with E-state index in [4.69, 9.17) is 5.11 Å². The van der Waals surface area contributed by atoms with Crippen LogP contribution >= 0.6 is 0 Å². The van der Waals surface area contributed by atoms with Crippen LogP contribution in [0, 0.1) is 5.92 Å². The number of carboxylic acid groups (broad SMARTS) is 1. The van der Waals surface area contributed by atoms with Crippen LogP contribution in [0.5, 0.6) is 0 Å². The van der Waals surface area contributed by atoms with Gasteiger partial charge in [0.15, 0.2) is 0 Å². The largest absolute Gasteiger partial charge is 0.478 e. The molecule has 0 saturated carbocycles. The van der Waals surface area contributed by atoms with Crippen molar-refractivity contribution in [3.05, 3.63) is 12.2 Å². The van der Waals surface area contributed by atoms with Crippen LogP contribution in [0.1, 0.15) is 20.3 Å². The van der Waals surface area contributed by atoms with E-state index < -0.39 is 12.1 Å². The molecule has 3 nitrogen and oxygen atoms in total. The number of hydrogen-bond acceptors (Lipinski definition) is 2. The van der Waals surface area contributed by atoms with Gasteiger partial charge in [-0.2, -0.15) is 0 Å². The highest BCUT2D eigenvalue weighted by molar-refractivity contribution is 5.79. The quantitative estimate of drug-likeness (QED) is 0.601. The Labute approximate surface area is 66.4 Å². The molecule has 0 saturated heterocycles. The highest BCUT2D eigenvalue weighted by Gasteiger charge is 2.05. The molecule has 0 fully saturated rings. The predicted octanol–water partition coefficient (Wildman–Crippen LogP) is 1.03. The number of aliphatic hydroxyl groups is 1. The Kier molecular flexibility index (Phi) is 4.54. The zero-order valence-electron chi connectivity index (χ0n) is 6.82. The van der Waals surface area contributed by atoms with E-state index in [1.807, 2.05) is 13.8 Å². The molecule has 1 atom stereocenters. The van der Waals surface area contributed by atoms with Crippen molar-refractivity contribution in [3.63, 3.8) is 0 Å². The van der Waals surface area contributed by atoms with E-state index in [-0.39, 0.29) is 5.92 Å². The maximum atomic E-state index is 9.98. The summed E-state index contributed by atoms with van der Waals surface area (Å²) in [7, 11) is 0. The third-order valence-electron chi connectivity index (χ3n) is 1.41. The van der Waals surface area contributed by atoms with E-state index in [1.165, 1.54) is 6.08 Å². The molecule has 0 amide bonds. The van der Waals surface area contributed by atoms with Gasteiger partial charge in [0.1, 0.15) is 0 Å². The van der Waals surface area contributed by atoms with Crippen molar-refractivity contribution in [2.75, 3.05) is 0 Å². The Morgan fingerprint density at radius 3 is 2.45 bits per heavy atom. The topological polar surface area (TPSA) is 57.5 Å². The van der Waals surface area contributed by atoms with Crippen LogP contribution in [-0.2, 0) is 4.79 Å². The third-order valence-corrected chi connectivity index (χ3v) is 1.41. The van der Waals surface area contributed by atoms with Crippen molar-refractivity contribution in [1.82, 2.24) is 0 Å². The Hall–Kier alpha value is -0.830. The molecule has 2 N–H and O–H groups in total. The Morgan fingerprint density at radius 1 is 1.55 bits per heavy atom. The summed E-state index contributed by atoms with van der Waals surface area (Å²) in [5.41, 5.74) is 0. The molecule has 0 rings (SSSR count). The third kappa shape index (κ3) is 5.61. The van der Waals surface area contributed by atoms with Gasteiger partial charge < -0.3 is 10.2 Å². The Balaban J connectivity index is 3.61. The highest BCUT2D eigenvalue weighted by Crippen LogP contribution is 2.05. The zero-order chi connectivity index (χ0) is 8.85. The monoisotopic (exact) mass is 158 g/mol. The zero-order valence-corrected chi connectivity index (χ0v) is 6.82. The second-order valence-corrected chi connectivity index (χ2v) is 2.79. The summed E-state index contributed by atoms with van der Waals surface area (Å²) in [6.45, 7) is 3.78. The van der Waals surface area contributed by atoms with Gasteiger partial charge in [-0.25, -0.2) is 4.79 Å². The molecule has 0 aromatic carbocycles. The highest BCUT2D eigenvalue weighted by atomic mass is 16.4. The molecule has 0 aromatic heterocycles. The van der Waals surface area contributed by atoms with Crippen LogP contribution < -0.4 is 0 Å². The van der Waals surface area contributed by atoms with Crippen molar-refractivity contribution in [2.45, 2.75) is 26.4 Å². The maximum Gasteiger partial charge on any atom is 0.327 e. The van der Waals surface area contributed by atoms with Gasteiger partial charge in [0.25, 0.3) is 0 Å². The summed E-state index contributed by atoms with van der Waals surface area (Å²) in [5.74, 6) is -0.797. The van der Waals surface area contributed by atoms with Gasteiger partial charge in [-0.05, 0) is 12.3 Å². The van der Waals surface area contributed by atoms with Gasteiger partial charge in [-0.1, -0.05) is 19.9 Å². The Bertz CT molecular complexity index is 149. The fraction of sp³-hybridized carbons (Fsp3) is 0.625. The van der Waals surface area contributed by atoms with Crippen LogP contribution in [-0.4, -0.2) is 22.3 Å². The number of rotatable bonds is 4. The molecule has 0 bridgehead atoms. The lowest BCUT2D eigenvalue weighted by Crippen LogP contribution is -2.12. The van der Waals surface area contributed by atoms with Crippen molar-refractivity contribution in [2.24, 2.45) is 5.92 Å². The number of carbonyl (C=O) groups is 1. The minimum atomic E-state index is -0.971. The van der Waals surface area contributed by atoms with Crippen LogP contribution in [0.25, 0.3) is 0 Å². The maximum absolute atomic E-state index is 9.98. The molecule has 11 heavy (non-hydrogen) atoms. The summed E-state index contributed by atoms with van der Waals surface area (Å²) in [6.07, 6.45) is 2.48. The summed E-state index contributed by atoms with van der Waals surface area (Å²) in [5, 5.41) is 17.4. The van der Waals surface area contributed by atoms with Gasteiger partial charge >= 0.3 is 5.97 Å². The minimum Gasteiger partial charge on any atom is -0.478 e. The molecule has 0 heterocycles.